The van der Waals surface area contributed by atoms with E-state index in [1.54, 1.807) is 0 Å². The van der Waals surface area contributed by atoms with Gasteiger partial charge in [0.15, 0.2) is 17.5 Å². The van der Waals surface area contributed by atoms with Crippen molar-refractivity contribution >= 4 is 43.7 Å². The molecule has 0 radical (unpaired) electrons. The van der Waals surface area contributed by atoms with E-state index in [0.29, 0.717) is 17.5 Å². The van der Waals surface area contributed by atoms with E-state index in [1.807, 2.05) is 72.8 Å². The Hall–Kier alpha value is -8.41. The highest BCUT2D eigenvalue weighted by Gasteiger charge is 2.19. The van der Waals surface area contributed by atoms with Crippen molar-refractivity contribution in [3.05, 3.63) is 218 Å². The van der Waals surface area contributed by atoms with Gasteiger partial charge in [-0.05, 0) is 88.0 Å². The molecule has 0 amide bonds. The molecule has 0 spiro atoms. The second-order valence-corrected chi connectivity index (χ2v) is 15.6. The van der Waals surface area contributed by atoms with Crippen LogP contribution in [0.2, 0.25) is 0 Å². The normalized spacial score (nSPS) is 11.5. The molecule has 290 valence electrons. The van der Waals surface area contributed by atoms with Crippen LogP contribution in [-0.4, -0.2) is 19.5 Å². The van der Waals surface area contributed by atoms with Gasteiger partial charge in [-0.1, -0.05) is 164 Å². The summed E-state index contributed by atoms with van der Waals surface area (Å²) in [5.74, 6) is 1.84. The zero-order valence-corrected chi connectivity index (χ0v) is 33.5. The van der Waals surface area contributed by atoms with Crippen LogP contribution in [0.1, 0.15) is 0 Å². The monoisotopic (exact) mass is 792 g/mol. The van der Waals surface area contributed by atoms with E-state index in [-0.39, 0.29) is 0 Å². The van der Waals surface area contributed by atoms with Gasteiger partial charge >= 0.3 is 0 Å². The van der Waals surface area contributed by atoms with Crippen LogP contribution in [0.3, 0.4) is 0 Å². The number of hydrogen-bond donors (Lipinski definition) is 0. The molecular formula is C57H36N4O. The van der Waals surface area contributed by atoms with Crippen LogP contribution in [0, 0.1) is 0 Å². The number of rotatable bonds is 7. The van der Waals surface area contributed by atoms with Gasteiger partial charge in [0.25, 0.3) is 0 Å². The molecule has 5 heteroatoms. The second kappa shape index (κ2) is 14.7. The fourth-order valence-electron chi connectivity index (χ4n) is 8.86. The summed E-state index contributed by atoms with van der Waals surface area (Å²) in [6.07, 6.45) is 0. The first-order valence-corrected chi connectivity index (χ1v) is 20.8. The number of hydrogen-bond acceptors (Lipinski definition) is 4. The van der Waals surface area contributed by atoms with Crippen molar-refractivity contribution in [2.75, 3.05) is 0 Å². The quantitative estimate of drug-likeness (QED) is 0.161. The van der Waals surface area contributed by atoms with Gasteiger partial charge in [-0.15, -0.1) is 0 Å². The molecule has 0 unspecified atom stereocenters. The van der Waals surface area contributed by atoms with Gasteiger partial charge in [-0.25, -0.2) is 15.0 Å². The summed E-state index contributed by atoms with van der Waals surface area (Å²) in [6.45, 7) is 0. The van der Waals surface area contributed by atoms with Crippen molar-refractivity contribution in [3.63, 3.8) is 0 Å². The minimum atomic E-state index is 0.598. The molecule has 5 nitrogen and oxygen atoms in total. The summed E-state index contributed by atoms with van der Waals surface area (Å²) in [4.78, 5) is 15.0. The number of para-hydroxylation sites is 2. The van der Waals surface area contributed by atoms with Gasteiger partial charge in [0.1, 0.15) is 11.2 Å². The van der Waals surface area contributed by atoms with Crippen LogP contribution < -0.4 is 0 Å². The average molecular weight is 793 g/mol. The van der Waals surface area contributed by atoms with E-state index in [2.05, 4.69) is 150 Å². The van der Waals surface area contributed by atoms with E-state index in [4.69, 9.17) is 19.4 Å². The van der Waals surface area contributed by atoms with Gasteiger partial charge in [-0.2, -0.15) is 0 Å². The van der Waals surface area contributed by atoms with Gasteiger partial charge in [-0.3, -0.25) is 0 Å². The van der Waals surface area contributed by atoms with Crippen molar-refractivity contribution in [2.24, 2.45) is 0 Å². The van der Waals surface area contributed by atoms with Crippen LogP contribution in [0.15, 0.2) is 223 Å². The zero-order valence-electron chi connectivity index (χ0n) is 33.5. The summed E-state index contributed by atoms with van der Waals surface area (Å²) in [5, 5.41) is 4.48. The molecule has 0 aliphatic rings. The number of furan rings is 1. The van der Waals surface area contributed by atoms with Crippen LogP contribution in [0.4, 0.5) is 0 Å². The molecule has 3 aromatic heterocycles. The zero-order chi connectivity index (χ0) is 41.0. The second-order valence-electron chi connectivity index (χ2n) is 15.6. The van der Waals surface area contributed by atoms with E-state index < -0.39 is 0 Å². The highest BCUT2D eigenvalue weighted by atomic mass is 16.3. The van der Waals surface area contributed by atoms with Gasteiger partial charge < -0.3 is 8.98 Å². The summed E-state index contributed by atoms with van der Waals surface area (Å²) >= 11 is 0. The highest BCUT2D eigenvalue weighted by Crippen LogP contribution is 2.40. The summed E-state index contributed by atoms with van der Waals surface area (Å²) in [7, 11) is 0. The molecule has 12 aromatic rings. The number of aromatic nitrogens is 4. The molecule has 0 fully saturated rings. The summed E-state index contributed by atoms with van der Waals surface area (Å²) < 4.78 is 8.83. The molecule has 0 N–H and O–H groups in total. The van der Waals surface area contributed by atoms with E-state index in [0.717, 1.165) is 66.6 Å². The van der Waals surface area contributed by atoms with Crippen LogP contribution in [-0.2, 0) is 0 Å². The van der Waals surface area contributed by atoms with E-state index in [9.17, 15) is 0 Å². The van der Waals surface area contributed by atoms with Crippen LogP contribution >= 0.6 is 0 Å². The van der Waals surface area contributed by atoms with Crippen molar-refractivity contribution in [1.29, 1.82) is 0 Å². The van der Waals surface area contributed by atoms with Crippen molar-refractivity contribution in [1.82, 2.24) is 19.5 Å². The lowest BCUT2D eigenvalue weighted by Gasteiger charge is -2.10. The maximum absolute atomic E-state index is 6.47. The fraction of sp³-hybridized carbons (Fsp3) is 0. The number of nitrogens with zero attached hydrogens (tertiary/aromatic N) is 4. The standard InChI is InChI=1S/C57H36N4O/c1-4-14-39(15-5-1)55-58-56(40-16-6-2-7-17-40)60-57(59-55)47-23-13-25-53-54(47)49-36-44(31-33-52(49)62-53)42-19-12-18-41(34-42)37-26-28-38(29-27-37)43-30-32-51-48(35-43)46-22-10-11-24-50(46)61(51)45-20-8-3-9-21-45/h1-36H. The predicted molar refractivity (Wildman–Crippen MR) is 254 cm³/mol. The molecule has 12 rings (SSSR count). The fourth-order valence-corrected chi connectivity index (χ4v) is 8.86. The molecule has 62 heavy (non-hydrogen) atoms. The predicted octanol–water partition coefficient (Wildman–Crippen LogP) is 14.9. The van der Waals surface area contributed by atoms with Gasteiger partial charge in [0.2, 0.25) is 0 Å². The minimum Gasteiger partial charge on any atom is -0.456 e. The first kappa shape index (κ1) is 35.5. The minimum absolute atomic E-state index is 0.598. The Bertz CT molecular complexity index is 3550. The molecule has 0 aliphatic heterocycles. The molecule has 0 bridgehead atoms. The Morgan fingerprint density at radius 1 is 0.306 bits per heavy atom. The SMILES string of the molecule is c1ccc(-c2nc(-c3ccccc3)nc(-c3cccc4oc5ccc(-c6cccc(-c7ccc(-c8ccc9c(c8)c8ccccc8n9-c8ccccc8)cc7)c6)cc5c34)n2)cc1. The average Bonchev–Trinajstić information content (AvgIpc) is 3.90. The lowest BCUT2D eigenvalue weighted by Crippen LogP contribution is -2.00. The Kier molecular flexibility index (Phi) is 8.42. The lowest BCUT2D eigenvalue weighted by molar-refractivity contribution is 0.669. The smallest absolute Gasteiger partial charge is 0.164 e. The largest absolute Gasteiger partial charge is 0.456 e. The molecule has 0 saturated heterocycles. The van der Waals surface area contributed by atoms with Crippen molar-refractivity contribution in [3.8, 4) is 73.2 Å². The molecular weight excluding hydrogens is 757 g/mol. The topological polar surface area (TPSA) is 56.7 Å². The molecule has 9 aromatic carbocycles. The van der Waals surface area contributed by atoms with Crippen LogP contribution in [0.5, 0.6) is 0 Å². The Labute approximate surface area is 357 Å². The molecule has 0 atom stereocenters. The molecule has 0 saturated carbocycles. The van der Waals surface area contributed by atoms with Gasteiger partial charge in [0.05, 0.1) is 11.0 Å². The summed E-state index contributed by atoms with van der Waals surface area (Å²) in [6, 6.07) is 76.5. The van der Waals surface area contributed by atoms with E-state index >= 15 is 0 Å². The van der Waals surface area contributed by atoms with Gasteiger partial charge in [0, 0.05) is 43.9 Å². The maximum atomic E-state index is 6.47. The Morgan fingerprint density at radius 2 is 0.806 bits per heavy atom. The third-order valence-corrected chi connectivity index (χ3v) is 11.9. The maximum Gasteiger partial charge on any atom is 0.164 e. The third kappa shape index (κ3) is 6.14. The van der Waals surface area contributed by atoms with Crippen molar-refractivity contribution in [2.45, 2.75) is 0 Å². The van der Waals surface area contributed by atoms with Crippen molar-refractivity contribution < 1.29 is 4.42 Å². The Balaban J connectivity index is 0.901. The number of benzene rings is 9. The Morgan fingerprint density at radius 3 is 1.52 bits per heavy atom. The summed E-state index contributed by atoms with van der Waals surface area (Å²) in [5.41, 5.74) is 14.8. The van der Waals surface area contributed by atoms with E-state index in [1.165, 1.54) is 32.9 Å². The highest BCUT2D eigenvalue weighted by molar-refractivity contribution is 6.13. The first-order chi connectivity index (χ1) is 30.7. The third-order valence-electron chi connectivity index (χ3n) is 11.9. The molecule has 3 heterocycles. The van der Waals surface area contributed by atoms with Crippen LogP contribution in [0.25, 0.3) is 117 Å². The number of fused-ring (bicyclic) bond motifs is 6. The molecule has 0 aliphatic carbocycles. The first-order valence-electron chi connectivity index (χ1n) is 20.8. The lowest BCUT2D eigenvalue weighted by atomic mass is 9.96.